The predicted octanol–water partition coefficient (Wildman–Crippen LogP) is 3.20. The molecule has 2 heteroatoms. The van der Waals surface area contributed by atoms with Gasteiger partial charge in [0.25, 0.3) is 0 Å². The number of rotatable bonds is 8. The number of aliphatic hydroxyl groups is 1. The molecular formula is C14H31NO. The largest absolute Gasteiger partial charge is 0.393 e. The summed E-state index contributed by atoms with van der Waals surface area (Å²) in [5.74, 6) is 0.787. The van der Waals surface area contributed by atoms with E-state index in [0.29, 0.717) is 6.04 Å². The third-order valence-corrected chi connectivity index (χ3v) is 2.95. The summed E-state index contributed by atoms with van der Waals surface area (Å²) >= 11 is 0. The summed E-state index contributed by atoms with van der Waals surface area (Å²) in [6.07, 6.45) is 3.17. The van der Waals surface area contributed by atoms with Gasteiger partial charge < -0.3 is 10.4 Å². The molecule has 16 heavy (non-hydrogen) atoms. The van der Waals surface area contributed by atoms with Crippen LogP contribution in [0.15, 0.2) is 0 Å². The van der Waals surface area contributed by atoms with Gasteiger partial charge in [-0.05, 0) is 44.4 Å². The average molecular weight is 229 g/mol. The van der Waals surface area contributed by atoms with Crippen LogP contribution in [0.2, 0.25) is 0 Å². The molecule has 0 bridgehead atoms. The second-order valence-electron chi connectivity index (χ2n) is 6.47. The topological polar surface area (TPSA) is 32.3 Å². The highest BCUT2D eigenvalue weighted by molar-refractivity contribution is 4.76. The molecule has 0 saturated carbocycles. The van der Waals surface area contributed by atoms with Crippen LogP contribution >= 0.6 is 0 Å². The van der Waals surface area contributed by atoms with Crippen LogP contribution in [0.4, 0.5) is 0 Å². The molecule has 2 unspecified atom stereocenters. The van der Waals surface area contributed by atoms with E-state index in [1.54, 1.807) is 0 Å². The lowest BCUT2D eigenvalue weighted by Gasteiger charge is -2.28. The highest BCUT2D eigenvalue weighted by Crippen LogP contribution is 2.21. The van der Waals surface area contributed by atoms with Crippen molar-refractivity contribution in [2.75, 3.05) is 6.54 Å². The smallest absolute Gasteiger partial charge is 0.0517 e. The first-order valence-electron chi connectivity index (χ1n) is 6.64. The van der Waals surface area contributed by atoms with Gasteiger partial charge in [-0.3, -0.25) is 0 Å². The number of hydrogen-bond acceptors (Lipinski definition) is 2. The van der Waals surface area contributed by atoms with E-state index >= 15 is 0 Å². The third-order valence-electron chi connectivity index (χ3n) is 2.95. The SMILES string of the molecule is CC(C)CCC(C)NCC(C)(C)CC(C)O. The van der Waals surface area contributed by atoms with E-state index in [1.807, 2.05) is 6.92 Å². The lowest BCUT2D eigenvalue weighted by Crippen LogP contribution is -2.37. The Balaban J connectivity index is 3.76. The van der Waals surface area contributed by atoms with Crippen molar-refractivity contribution < 1.29 is 5.11 Å². The molecule has 0 aliphatic rings. The summed E-state index contributed by atoms with van der Waals surface area (Å²) in [4.78, 5) is 0. The van der Waals surface area contributed by atoms with Crippen molar-refractivity contribution >= 4 is 0 Å². The van der Waals surface area contributed by atoms with E-state index in [0.717, 1.165) is 18.9 Å². The van der Waals surface area contributed by atoms with Crippen molar-refractivity contribution in [3.8, 4) is 0 Å². The Kier molecular flexibility index (Phi) is 7.25. The zero-order valence-corrected chi connectivity index (χ0v) is 12.0. The van der Waals surface area contributed by atoms with Crippen LogP contribution in [0.3, 0.4) is 0 Å². The molecule has 0 aromatic heterocycles. The Bertz CT molecular complexity index is 176. The molecule has 0 aromatic rings. The van der Waals surface area contributed by atoms with E-state index in [4.69, 9.17) is 0 Å². The van der Waals surface area contributed by atoms with Crippen molar-refractivity contribution in [2.24, 2.45) is 11.3 Å². The molecular weight excluding hydrogens is 198 g/mol. The van der Waals surface area contributed by atoms with E-state index in [-0.39, 0.29) is 11.5 Å². The fourth-order valence-corrected chi connectivity index (χ4v) is 2.01. The number of hydrogen-bond donors (Lipinski definition) is 2. The minimum absolute atomic E-state index is 0.181. The van der Waals surface area contributed by atoms with Crippen LogP contribution in [0.1, 0.15) is 60.8 Å². The Hall–Kier alpha value is -0.0800. The number of nitrogens with one attached hydrogen (secondary N) is 1. The predicted molar refractivity (Wildman–Crippen MR) is 71.6 cm³/mol. The maximum absolute atomic E-state index is 9.40. The highest BCUT2D eigenvalue weighted by atomic mass is 16.3. The molecule has 0 fully saturated rings. The quantitative estimate of drug-likeness (QED) is 0.670. The Labute approximate surface area is 102 Å². The molecule has 0 aliphatic heterocycles. The lowest BCUT2D eigenvalue weighted by molar-refractivity contribution is 0.126. The molecule has 0 spiro atoms. The van der Waals surface area contributed by atoms with Crippen molar-refractivity contribution in [1.29, 1.82) is 0 Å². The molecule has 0 aliphatic carbocycles. The van der Waals surface area contributed by atoms with Crippen LogP contribution in [-0.4, -0.2) is 23.8 Å². The molecule has 0 amide bonds. The minimum atomic E-state index is -0.206. The molecule has 0 heterocycles. The van der Waals surface area contributed by atoms with Gasteiger partial charge in [0.2, 0.25) is 0 Å². The van der Waals surface area contributed by atoms with Crippen molar-refractivity contribution in [3.63, 3.8) is 0 Å². The monoisotopic (exact) mass is 229 g/mol. The number of aliphatic hydroxyl groups excluding tert-OH is 1. The molecule has 2 N–H and O–H groups in total. The Morgan fingerprint density at radius 2 is 1.62 bits per heavy atom. The van der Waals surface area contributed by atoms with Crippen LogP contribution < -0.4 is 5.32 Å². The summed E-state index contributed by atoms with van der Waals surface area (Å²) in [6, 6.07) is 0.579. The normalized spacial score (nSPS) is 16.5. The van der Waals surface area contributed by atoms with Gasteiger partial charge in [0, 0.05) is 12.6 Å². The maximum Gasteiger partial charge on any atom is 0.0517 e. The standard InChI is InChI=1S/C14H31NO/c1-11(2)7-8-12(3)15-10-14(5,6)9-13(4)16/h11-13,15-16H,7-10H2,1-6H3. The molecule has 0 saturated heterocycles. The van der Waals surface area contributed by atoms with Crippen LogP contribution in [-0.2, 0) is 0 Å². The van der Waals surface area contributed by atoms with Gasteiger partial charge in [0.15, 0.2) is 0 Å². The highest BCUT2D eigenvalue weighted by Gasteiger charge is 2.20. The zero-order chi connectivity index (χ0) is 12.8. The summed E-state index contributed by atoms with van der Waals surface area (Å²) in [6.45, 7) is 14.1. The average Bonchev–Trinajstić information content (AvgIpc) is 2.09. The van der Waals surface area contributed by atoms with E-state index in [1.165, 1.54) is 12.8 Å². The molecule has 0 radical (unpaired) electrons. The van der Waals surface area contributed by atoms with Crippen LogP contribution in [0.25, 0.3) is 0 Å². The first kappa shape index (κ1) is 15.9. The third kappa shape index (κ3) is 9.17. The second-order valence-corrected chi connectivity index (χ2v) is 6.47. The van der Waals surface area contributed by atoms with Gasteiger partial charge in [0.05, 0.1) is 6.10 Å². The summed E-state index contributed by atoms with van der Waals surface area (Å²) in [5.41, 5.74) is 0.181. The summed E-state index contributed by atoms with van der Waals surface area (Å²) in [7, 11) is 0. The lowest BCUT2D eigenvalue weighted by atomic mass is 9.86. The van der Waals surface area contributed by atoms with Crippen molar-refractivity contribution in [3.05, 3.63) is 0 Å². The summed E-state index contributed by atoms with van der Waals surface area (Å²) in [5, 5.41) is 13.0. The second kappa shape index (κ2) is 7.29. The van der Waals surface area contributed by atoms with Gasteiger partial charge in [-0.1, -0.05) is 27.7 Å². The van der Waals surface area contributed by atoms with Gasteiger partial charge >= 0.3 is 0 Å². The van der Waals surface area contributed by atoms with Crippen LogP contribution in [0.5, 0.6) is 0 Å². The molecule has 2 atom stereocenters. The van der Waals surface area contributed by atoms with Gasteiger partial charge in [0.1, 0.15) is 0 Å². The Morgan fingerprint density at radius 1 is 1.06 bits per heavy atom. The van der Waals surface area contributed by atoms with Gasteiger partial charge in [-0.25, -0.2) is 0 Å². The molecule has 0 aromatic carbocycles. The van der Waals surface area contributed by atoms with Crippen molar-refractivity contribution in [1.82, 2.24) is 5.32 Å². The van der Waals surface area contributed by atoms with E-state index in [2.05, 4.69) is 39.9 Å². The van der Waals surface area contributed by atoms with Crippen molar-refractivity contribution in [2.45, 2.75) is 73.0 Å². The molecule has 2 nitrogen and oxygen atoms in total. The molecule has 98 valence electrons. The van der Waals surface area contributed by atoms with Crippen LogP contribution in [0, 0.1) is 11.3 Å². The maximum atomic E-state index is 9.40. The molecule has 0 rings (SSSR count). The van der Waals surface area contributed by atoms with E-state index < -0.39 is 0 Å². The first-order valence-corrected chi connectivity index (χ1v) is 6.64. The zero-order valence-electron chi connectivity index (χ0n) is 12.0. The first-order chi connectivity index (χ1) is 7.23. The fourth-order valence-electron chi connectivity index (χ4n) is 2.01. The fraction of sp³-hybridized carbons (Fsp3) is 1.00. The minimum Gasteiger partial charge on any atom is -0.393 e. The van der Waals surface area contributed by atoms with Gasteiger partial charge in [-0.2, -0.15) is 0 Å². The van der Waals surface area contributed by atoms with E-state index in [9.17, 15) is 5.11 Å². The Morgan fingerprint density at radius 3 is 2.06 bits per heavy atom. The van der Waals surface area contributed by atoms with Gasteiger partial charge in [-0.15, -0.1) is 0 Å². The summed E-state index contributed by atoms with van der Waals surface area (Å²) < 4.78 is 0.